The Morgan fingerprint density at radius 3 is 2.80 bits per heavy atom. The Morgan fingerprint density at radius 2 is 2.20 bits per heavy atom. The van der Waals surface area contributed by atoms with Crippen molar-refractivity contribution in [2.45, 2.75) is 19.3 Å². The summed E-state index contributed by atoms with van der Waals surface area (Å²) in [7, 11) is 2.03. The van der Waals surface area contributed by atoms with Crippen LogP contribution in [0.15, 0.2) is 24.3 Å². The second kappa shape index (κ2) is 6.91. The predicted octanol–water partition coefficient (Wildman–Crippen LogP) is 3.05. The van der Waals surface area contributed by atoms with Crippen LogP contribution in [-0.2, 0) is 0 Å². The molecule has 0 aliphatic heterocycles. The Labute approximate surface area is 97.7 Å². The molecule has 2 heteroatoms. The number of hydrogen-bond acceptors (Lipinski definition) is 2. The van der Waals surface area contributed by atoms with Gasteiger partial charge in [0, 0.05) is 6.54 Å². The van der Waals surface area contributed by atoms with Crippen LogP contribution in [-0.4, -0.2) is 25.6 Å². The fraction of sp³-hybridized carbons (Fsp3) is 0.538. The topological polar surface area (TPSA) is 12.0 Å². The molecule has 0 aliphatic rings. The van der Waals surface area contributed by atoms with Crippen LogP contribution in [0.4, 0.5) is 0 Å². The highest BCUT2D eigenvalue weighted by Crippen LogP contribution is 2.21. The molecule has 0 radical (unpaired) electrons. The Hall–Kier alpha value is -0.470. The Bertz CT molecular complexity index is 286. The first-order valence-electron chi connectivity index (χ1n) is 5.48. The van der Waals surface area contributed by atoms with Crippen molar-refractivity contribution in [1.82, 2.24) is 5.32 Å². The summed E-state index contributed by atoms with van der Waals surface area (Å²) in [5.74, 6) is 1.89. The fourth-order valence-electron chi connectivity index (χ4n) is 1.82. The van der Waals surface area contributed by atoms with Gasteiger partial charge in [0.05, 0.1) is 0 Å². The first kappa shape index (κ1) is 12.6. The van der Waals surface area contributed by atoms with Crippen LogP contribution in [0.1, 0.15) is 23.5 Å². The normalized spacial score (nSPS) is 12.7. The van der Waals surface area contributed by atoms with Gasteiger partial charge < -0.3 is 5.32 Å². The van der Waals surface area contributed by atoms with Gasteiger partial charge in [-0.2, -0.15) is 11.8 Å². The molecule has 1 rings (SSSR count). The minimum Gasteiger partial charge on any atom is -0.319 e. The minimum absolute atomic E-state index is 0.655. The lowest BCUT2D eigenvalue weighted by atomic mass is 9.95. The standard InChI is InChI=1S/C13H21NS/c1-11-5-4-6-12(9-11)13(10-14-2)7-8-15-3/h4-6,9,13-14H,7-8,10H2,1-3H3. The molecular weight excluding hydrogens is 202 g/mol. The summed E-state index contributed by atoms with van der Waals surface area (Å²) >= 11 is 1.93. The first-order chi connectivity index (χ1) is 7.27. The number of hydrogen-bond donors (Lipinski definition) is 1. The lowest BCUT2D eigenvalue weighted by Crippen LogP contribution is -2.18. The van der Waals surface area contributed by atoms with Crippen molar-refractivity contribution in [2.24, 2.45) is 0 Å². The molecule has 0 amide bonds. The molecule has 1 aromatic rings. The summed E-state index contributed by atoms with van der Waals surface area (Å²) in [6, 6.07) is 8.87. The molecule has 1 unspecified atom stereocenters. The first-order valence-corrected chi connectivity index (χ1v) is 6.87. The van der Waals surface area contributed by atoms with E-state index in [0.29, 0.717) is 5.92 Å². The molecule has 0 saturated heterocycles. The van der Waals surface area contributed by atoms with Crippen LogP contribution < -0.4 is 5.32 Å². The molecule has 0 spiro atoms. The Kier molecular flexibility index (Phi) is 5.81. The third kappa shape index (κ3) is 4.27. The molecule has 1 nitrogen and oxygen atoms in total. The van der Waals surface area contributed by atoms with E-state index in [9.17, 15) is 0 Å². The van der Waals surface area contributed by atoms with E-state index in [1.165, 1.54) is 23.3 Å². The second-order valence-electron chi connectivity index (χ2n) is 3.95. The van der Waals surface area contributed by atoms with E-state index < -0.39 is 0 Å². The average Bonchev–Trinajstić information content (AvgIpc) is 2.24. The number of rotatable bonds is 6. The van der Waals surface area contributed by atoms with E-state index in [-0.39, 0.29) is 0 Å². The zero-order valence-corrected chi connectivity index (χ0v) is 10.7. The van der Waals surface area contributed by atoms with Gasteiger partial charge in [0.1, 0.15) is 0 Å². The number of aryl methyl sites for hydroxylation is 1. The number of thioether (sulfide) groups is 1. The maximum absolute atomic E-state index is 3.29. The van der Waals surface area contributed by atoms with Crippen LogP contribution in [0, 0.1) is 6.92 Å². The van der Waals surface area contributed by atoms with E-state index in [4.69, 9.17) is 0 Å². The molecular formula is C13H21NS. The number of benzene rings is 1. The lowest BCUT2D eigenvalue weighted by Gasteiger charge is -2.17. The van der Waals surface area contributed by atoms with Gasteiger partial charge in [0.15, 0.2) is 0 Å². The summed E-state index contributed by atoms with van der Waals surface area (Å²) in [5.41, 5.74) is 2.83. The van der Waals surface area contributed by atoms with Crippen molar-refractivity contribution in [3.63, 3.8) is 0 Å². The van der Waals surface area contributed by atoms with Crippen molar-refractivity contribution in [2.75, 3.05) is 25.6 Å². The molecule has 1 N–H and O–H groups in total. The summed E-state index contributed by atoms with van der Waals surface area (Å²) < 4.78 is 0. The Balaban J connectivity index is 2.69. The smallest absolute Gasteiger partial charge is 0.00174 e. The fourth-order valence-corrected chi connectivity index (χ4v) is 2.34. The molecule has 0 saturated carbocycles. The molecule has 15 heavy (non-hydrogen) atoms. The van der Waals surface area contributed by atoms with E-state index in [0.717, 1.165) is 6.54 Å². The van der Waals surface area contributed by atoms with Gasteiger partial charge in [-0.05, 0) is 43.9 Å². The quantitative estimate of drug-likeness (QED) is 0.795. The van der Waals surface area contributed by atoms with E-state index >= 15 is 0 Å². The van der Waals surface area contributed by atoms with E-state index in [1.807, 2.05) is 18.8 Å². The van der Waals surface area contributed by atoms with Crippen molar-refractivity contribution in [1.29, 1.82) is 0 Å². The van der Waals surface area contributed by atoms with Crippen LogP contribution in [0.5, 0.6) is 0 Å². The highest BCUT2D eigenvalue weighted by molar-refractivity contribution is 7.98. The van der Waals surface area contributed by atoms with Crippen LogP contribution in [0.3, 0.4) is 0 Å². The van der Waals surface area contributed by atoms with Gasteiger partial charge in [-0.1, -0.05) is 29.8 Å². The molecule has 0 aliphatic carbocycles. The van der Waals surface area contributed by atoms with Crippen LogP contribution in [0.25, 0.3) is 0 Å². The third-order valence-corrected chi connectivity index (χ3v) is 3.28. The Morgan fingerprint density at radius 1 is 1.40 bits per heavy atom. The summed E-state index contributed by atoms with van der Waals surface area (Å²) in [4.78, 5) is 0. The zero-order chi connectivity index (χ0) is 11.1. The van der Waals surface area contributed by atoms with E-state index in [1.54, 1.807) is 0 Å². The minimum atomic E-state index is 0.655. The third-order valence-electron chi connectivity index (χ3n) is 2.63. The van der Waals surface area contributed by atoms with Gasteiger partial charge in [-0.15, -0.1) is 0 Å². The van der Waals surface area contributed by atoms with Gasteiger partial charge in [0.25, 0.3) is 0 Å². The maximum atomic E-state index is 3.29. The van der Waals surface area contributed by atoms with Crippen molar-refractivity contribution < 1.29 is 0 Å². The number of likely N-dealkylation sites (N-methyl/N-ethyl adjacent to an activating group) is 1. The SMILES string of the molecule is CNCC(CCSC)c1cccc(C)c1. The average molecular weight is 223 g/mol. The summed E-state index contributed by atoms with van der Waals surface area (Å²) in [6.45, 7) is 3.23. The van der Waals surface area contributed by atoms with Crippen LogP contribution in [0.2, 0.25) is 0 Å². The molecule has 0 fully saturated rings. The highest BCUT2D eigenvalue weighted by atomic mass is 32.2. The molecule has 1 aromatic carbocycles. The van der Waals surface area contributed by atoms with Crippen molar-refractivity contribution in [3.8, 4) is 0 Å². The highest BCUT2D eigenvalue weighted by Gasteiger charge is 2.09. The van der Waals surface area contributed by atoms with Gasteiger partial charge in [0.2, 0.25) is 0 Å². The molecule has 0 aromatic heterocycles. The van der Waals surface area contributed by atoms with Gasteiger partial charge in [-0.3, -0.25) is 0 Å². The summed E-state index contributed by atoms with van der Waals surface area (Å²) in [6.07, 6.45) is 3.43. The van der Waals surface area contributed by atoms with E-state index in [2.05, 4.69) is 42.8 Å². The lowest BCUT2D eigenvalue weighted by molar-refractivity contribution is 0.615. The van der Waals surface area contributed by atoms with Crippen molar-refractivity contribution >= 4 is 11.8 Å². The number of nitrogens with one attached hydrogen (secondary N) is 1. The summed E-state index contributed by atoms with van der Waals surface area (Å²) in [5, 5.41) is 3.29. The maximum Gasteiger partial charge on any atom is 0.00174 e. The van der Waals surface area contributed by atoms with Gasteiger partial charge in [-0.25, -0.2) is 0 Å². The van der Waals surface area contributed by atoms with Gasteiger partial charge >= 0.3 is 0 Å². The molecule has 0 heterocycles. The molecule has 84 valence electrons. The monoisotopic (exact) mass is 223 g/mol. The zero-order valence-electron chi connectivity index (χ0n) is 9.92. The molecule has 0 bridgehead atoms. The van der Waals surface area contributed by atoms with Crippen LogP contribution >= 0.6 is 11.8 Å². The predicted molar refractivity (Wildman–Crippen MR) is 70.8 cm³/mol. The largest absolute Gasteiger partial charge is 0.319 e. The van der Waals surface area contributed by atoms with Crippen molar-refractivity contribution in [3.05, 3.63) is 35.4 Å². The second-order valence-corrected chi connectivity index (χ2v) is 4.94. The molecule has 1 atom stereocenters.